The molecule has 5 heteroatoms. The van der Waals surface area contributed by atoms with Gasteiger partial charge in [-0.3, -0.25) is 0 Å². The highest BCUT2D eigenvalue weighted by molar-refractivity contribution is 4.90. The van der Waals surface area contributed by atoms with Gasteiger partial charge in [-0.05, 0) is 45.1 Å². The summed E-state index contributed by atoms with van der Waals surface area (Å²) in [5, 5.41) is 3.14. The Morgan fingerprint density at radius 1 is 1.33 bits per heavy atom. The first-order chi connectivity index (χ1) is 8.29. The molecule has 0 aromatic heterocycles. The molecule has 2 nitrogen and oxygen atoms in total. The highest BCUT2D eigenvalue weighted by atomic mass is 19.4. The van der Waals surface area contributed by atoms with E-state index in [1.165, 1.54) is 0 Å². The molecule has 1 aliphatic carbocycles. The van der Waals surface area contributed by atoms with Crippen molar-refractivity contribution in [3.05, 3.63) is 0 Å². The molecule has 0 saturated heterocycles. The molecule has 0 spiro atoms. The smallest absolute Gasteiger partial charge is 0.361 e. The van der Waals surface area contributed by atoms with Crippen molar-refractivity contribution in [2.75, 3.05) is 13.1 Å². The van der Waals surface area contributed by atoms with Crippen LogP contribution in [0.4, 0.5) is 13.2 Å². The van der Waals surface area contributed by atoms with E-state index in [1.807, 2.05) is 6.92 Å². The number of hydrogen-bond donors (Lipinski definition) is 1. The molecule has 0 bridgehead atoms. The van der Waals surface area contributed by atoms with Crippen molar-refractivity contribution in [2.45, 2.75) is 64.3 Å². The molecule has 0 aliphatic heterocycles. The SMILES string of the molecule is CCNCC1(OC(C)C(F)(F)F)CCC(C)CC1. The quantitative estimate of drug-likeness (QED) is 0.823. The van der Waals surface area contributed by atoms with Crippen LogP contribution in [0.15, 0.2) is 0 Å². The minimum absolute atomic E-state index is 0.511. The maximum absolute atomic E-state index is 12.6. The van der Waals surface area contributed by atoms with Crippen LogP contribution < -0.4 is 5.32 Å². The van der Waals surface area contributed by atoms with Gasteiger partial charge in [-0.25, -0.2) is 0 Å². The molecule has 0 heterocycles. The summed E-state index contributed by atoms with van der Waals surface area (Å²) in [6.45, 7) is 6.46. The summed E-state index contributed by atoms with van der Waals surface area (Å²) in [5.41, 5.74) is -0.641. The summed E-state index contributed by atoms with van der Waals surface area (Å²) in [5.74, 6) is 0.588. The summed E-state index contributed by atoms with van der Waals surface area (Å²) in [6, 6.07) is 0. The van der Waals surface area contributed by atoms with E-state index in [9.17, 15) is 13.2 Å². The number of nitrogens with one attached hydrogen (secondary N) is 1. The Morgan fingerprint density at radius 2 is 1.89 bits per heavy atom. The fraction of sp³-hybridized carbons (Fsp3) is 1.00. The molecular formula is C13H24F3NO. The maximum atomic E-state index is 12.6. The first-order valence-electron chi connectivity index (χ1n) is 6.74. The Bertz CT molecular complexity index is 242. The van der Waals surface area contributed by atoms with E-state index in [2.05, 4.69) is 12.2 Å². The number of alkyl halides is 3. The molecule has 1 N–H and O–H groups in total. The van der Waals surface area contributed by atoms with Crippen molar-refractivity contribution in [1.82, 2.24) is 5.32 Å². The van der Waals surface area contributed by atoms with Gasteiger partial charge in [0.1, 0.15) is 0 Å². The molecule has 1 unspecified atom stereocenters. The molecule has 0 aromatic rings. The third-order valence-corrected chi connectivity index (χ3v) is 3.77. The van der Waals surface area contributed by atoms with Crippen LogP contribution in [0.1, 0.15) is 46.5 Å². The first-order valence-corrected chi connectivity index (χ1v) is 6.74. The van der Waals surface area contributed by atoms with Crippen molar-refractivity contribution in [3.8, 4) is 0 Å². The van der Waals surface area contributed by atoms with Gasteiger partial charge < -0.3 is 10.1 Å². The first kappa shape index (κ1) is 15.8. The van der Waals surface area contributed by atoms with E-state index >= 15 is 0 Å². The topological polar surface area (TPSA) is 21.3 Å². The van der Waals surface area contributed by atoms with Crippen LogP contribution in [0, 0.1) is 5.92 Å². The third-order valence-electron chi connectivity index (χ3n) is 3.77. The van der Waals surface area contributed by atoms with Crippen LogP contribution in [0.5, 0.6) is 0 Å². The largest absolute Gasteiger partial charge is 0.414 e. The van der Waals surface area contributed by atoms with E-state index in [-0.39, 0.29) is 0 Å². The van der Waals surface area contributed by atoms with E-state index < -0.39 is 17.9 Å². The average Bonchev–Trinajstić information content (AvgIpc) is 2.29. The lowest BCUT2D eigenvalue weighted by Gasteiger charge is -2.41. The number of rotatable bonds is 5. The maximum Gasteiger partial charge on any atom is 0.414 e. The predicted octanol–water partition coefficient (Wildman–Crippen LogP) is 3.51. The molecule has 0 aromatic carbocycles. The molecule has 18 heavy (non-hydrogen) atoms. The molecule has 1 atom stereocenters. The summed E-state index contributed by atoms with van der Waals surface area (Å²) in [7, 11) is 0. The molecule has 1 fully saturated rings. The van der Waals surface area contributed by atoms with Gasteiger partial charge >= 0.3 is 6.18 Å². The average molecular weight is 267 g/mol. The standard InChI is InChI=1S/C13H24F3NO/c1-4-17-9-12(7-5-10(2)6-8-12)18-11(3)13(14,15)16/h10-11,17H,4-9H2,1-3H3. The van der Waals surface area contributed by atoms with Gasteiger partial charge in [0.05, 0.1) is 5.60 Å². The van der Waals surface area contributed by atoms with Crippen LogP contribution in [-0.2, 0) is 4.74 Å². The lowest BCUT2D eigenvalue weighted by Crippen LogP contribution is -2.50. The van der Waals surface area contributed by atoms with E-state index in [4.69, 9.17) is 4.74 Å². The molecule has 108 valence electrons. The van der Waals surface area contributed by atoms with Crippen molar-refractivity contribution in [1.29, 1.82) is 0 Å². The van der Waals surface area contributed by atoms with E-state index in [0.29, 0.717) is 25.3 Å². The molecular weight excluding hydrogens is 243 g/mol. The molecule has 0 radical (unpaired) electrons. The van der Waals surface area contributed by atoms with Gasteiger partial charge in [0.25, 0.3) is 0 Å². The van der Waals surface area contributed by atoms with Crippen molar-refractivity contribution < 1.29 is 17.9 Å². The second-order valence-corrected chi connectivity index (χ2v) is 5.45. The molecule has 0 amide bonds. The van der Waals surface area contributed by atoms with Crippen molar-refractivity contribution in [2.24, 2.45) is 5.92 Å². The van der Waals surface area contributed by atoms with Crippen LogP contribution in [0.2, 0.25) is 0 Å². The highest BCUT2D eigenvalue weighted by Crippen LogP contribution is 2.37. The Labute approximate surface area is 107 Å². The van der Waals surface area contributed by atoms with Gasteiger partial charge in [0.2, 0.25) is 0 Å². The number of ether oxygens (including phenoxy) is 1. The second-order valence-electron chi connectivity index (χ2n) is 5.45. The van der Waals surface area contributed by atoms with Gasteiger partial charge in [-0.2, -0.15) is 13.2 Å². The van der Waals surface area contributed by atoms with Crippen molar-refractivity contribution >= 4 is 0 Å². The minimum Gasteiger partial charge on any atom is -0.361 e. The van der Waals surface area contributed by atoms with Gasteiger partial charge in [0.15, 0.2) is 6.10 Å². The van der Waals surface area contributed by atoms with Gasteiger partial charge in [0, 0.05) is 6.54 Å². The minimum atomic E-state index is -4.28. The third kappa shape index (κ3) is 4.43. The Hall–Kier alpha value is -0.290. The number of likely N-dealkylation sites (N-methyl/N-ethyl adjacent to an activating group) is 1. The lowest BCUT2D eigenvalue weighted by molar-refractivity contribution is -0.252. The highest BCUT2D eigenvalue weighted by Gasteiger charge is 2.44. The zero-order valence-corrected chi connectivity index (χ0v) is 11.4. The fourth-order valence-electron chi connectivity index (χ4n) is 2.42. The Kier molecular flexibility index (Phi) is 5.46. The summed E-state index contributed by atoms with van der Waals surface area (Å²) in [4.78, 5) is 0. The molecule has 1 saturated carbocycles. The van der Waals surface area contributed by atoms with Crippen LogP contribution in [0.25, 0.3) is 0 Å². The Morgan fingerprint density at radius 3 is 2.33 bits per heavy atom. The Balaban J connectivity index is 2.66. The predicted molar refractivity (Wildman–Crippen MR) is 65.5 cm³/mol. The summed E-state index contributed by atoms with van der Waals surface area (Å²) < 4.78 is 43.3. The fourth-order valence-corrected chi connectivity index (χ4v) is 2.42. The molecule has 1 aliphatic rings. The summed E-state index contributed by atoms with van der Waals surface area (Å²) >= 11 is 0. The van der Waals surface area contributed by atoms with E-state index in [1.54, 1.807) is 0 Å². The second kappa shape index (κ2) is 6.24. The van der Waals surface area contributed by atoms with E-state index in [0.717, 1.165) is 26.3 Å². The monoisotopic (exact) mass is 267 g/mol. The van der Waals surface area contributed by atoms with Crippen molar-refractivity contribution in [3.63, 3.8) is 0 Å². The van der Waals surface area contributed by atoms with Crippen LogP contribution in [0.3, 0.4) is 0 Å². The van der Waals surface area contributed by atoms with Crippen LogP contribution in [-0.4, -0.2) is 31.0 Å². The zero-order valence-electron chi connectivity index (χ0n) is 11.4. The number of halogens is 3. The summed E-state index contributed by atoms with van der Waals surface area (Å²) in [6.07, 6.45) is -2.67. The molecule has 1 rings (SSSR count). The van der Waals surface area contributed by atoms with Gasteiger partial charge in [-0.1, -0.05) is 13.8 Å². The van der Waals surface area contributed by atoms with Crippen LogP contribution >= 0.6 is 0 Å². The van der Waals surface area contributed by atoms with Gasteiger partial charge in [-0.15, -0.1) is 0 Å². The zero-order chi connectivity index (χ0) is 13.8. The lowest BCUT2D eigenvalue weighted by atomic mass is 9.79. The number of hydrogen-bond acceptors (Lipinski definition) is 2. The normalized spacial score (nSPS) is 31.3.